The smallest absolute Gasteiger partial charge is 0.246 e. The molecule has 200 valence electrons. The van der Waals surface area contributed by atoms with E-state index in [1.807, 2.05) is 45.3 Å². The second-order valence-electron chi connectivity index (χ2n) is 11.5. The number of hydrogen-bond acceptors (Lipinski definition) is 5. The Bertz CT molecular complexity index is 1100. The van der Waals surface area contributed by atoms with E-state index >= 15 is 0 Å². The van der Waals surface area contributed by atoms with E-state index in [1.54, 1.807) is 16.2 Å². The number of aryl methyl sites for hydroxylation is 1. The van der Waals surface area contributed by atoms with Gasteiger partial charge in [-0.05, 0) is 49.1 Å². The number of amides is 3. The van der Waals surface area contributed by atoms with Gasteiger partial charge in [0.15, 0.2) is 0 Å². The summed E-state index contributed by atoms with van der Waals surface area (Å²) in [6, 6.07) is 6.97. The van der Waals surface area contributed by atoms with Crippen molar-refractivity contribution in [2.45, 2.75) is 91.3 Å². The van der Waals surface area contributed by atoms with Crippen molar-refractivity contribution in [3.63, 3.8) is 0 Å². The van der Waals surface area contributed by atoms with Crippen LogP contribution in [0.3, 0.4) is 0 Å². The zero-order valence-electron chi connectivity index (χ0n) is 22.5. The number of likely N-dealkylation sites (tertiary alicyclic amines) is 1. The predicted molar refractivity (Wildman–Crippen MR) is 147 cm³/mol. The van der Waals surface area contributed by atoms with Crippen molar-refractivity contribution in [1.82, 2.24) is 20.5 Å². The van der Waals surface area contributed by atoms with E-state index in [2.05, 4.69) is 27.8 Å². The third kappa shape index (κ3) is 6.58. The lowest BCUT2D eigenvalue weighted by atomic mass is 9.83. The van der Waals surface area contributed by atoms with Crippen LogP contribution in [0.5, 0.6) is 0 Å². The first-order chi connectivity index (χ1) is 17.6. The van der Waals surface area contributed by atoms with Crippen LogP contribution >= 0.6 is 11.3 Å². The molecule has 2 fully saturated rings. The Morgan fingerprint density at radius 3 is 2.35 bits per heavy atom. The maximum absolute atomic E-state index is 13.7. The Labute approximate surface area is 224 Å². The average molecular weight is 525 g/mol. The number of aromatic nitrogens is 1. The lowest BCUT2D eigenvalue weighted by molar-refractivity contribution is -0.144. The van der Waals surface area contributed by atoms with Crippen LogP contribution in [0.15, 0.2) is 29.8 Å². The topological polar surface area (TPSA) is 91.4 Å². The average Bonchev–Trinajstić information content (AvgIpc) is 3.55. The van der Waals surface area contributed by atoms with Crippen molar-refractivity contribution >= 4 is 29.1 Å². The number of thiazole rings is 1. The molecule has 2 unspecified atom stereocenters. The Hall–Kier alpha value is -2.74. The lowest BCUT2D eigenvalue weighted by Gasteiger charge is -2.36. The molecule has 1 aromatic heterocycles. The first kappa shape index (κ1) is 27.3. The van der Waals surface area contributed by atoms with E-state index in [0.29, 0.717) is 19.5 Å². The van der Waals surface area contributed by atoms with Gasteiger partial charge in [0.2, 0.25) is 17.7 Å². The summed E-state index contributed by atoms with van der Waals surface area (Å²) >= 11 is 1.62. The van der Waals surface area contributed by atoms with E-state index in [9.17, 15) is 14.4 Å². The van der Waals surface area contributed by atoms with Crippen LogP contribution in [-0.4, -0.2) is 46.2 Å². The van der Waals surface area contributed by atoms with Crippen molar-refractivity contribution in [2.24, 2.45) is 11.3 Å². The van der Waals surface area contributed by atoms with Crippen LogP contribution in [-0.2, 0) is 20.9 Å². The molecule has 1 saturated heterocycles. The van der Waals surface area contributed by atoms with Gasteiger partial charge in [0.05, 0.1) is 16.1 Å². The summed E-state index contributed by atoms with van der Waals surface area (Å²) in [6.07, 6.45) is 6.48. The van der Waals surface area contributed by atoms with Crippen LogP contribution in [0.1, 0.15) is 77.0 Å². The Balaban J connectivity index is 1.38. The molecule has 8 heteroatoms. The maximum atomic E-state index is 13.7. The highest BCUT2D eigenvalue weighted by Crippen LogP contribution is 2.29. The molecule has 3 amide bonds. The highest BCUT2D eigenvalue weighted by Gasteiger charge is 2.42. The van der Waals surface area contributed by atoms with Crippen LogP contribution in [0, 0.1) is 18.3 Å². The molecular formula is C29H40N4O3S. The van der Waals surface area contributed by atoms with E-state index < -0.39 is 17.5 Å². The van der Waals surface area contributed by atoms with Crippen molar-refractivity contribution in [2.75, 3.05) is 6.54 Å². The Morgan fingerprint density at radius 2 is 1.73 bits per heavy atom. The third-order valence-electron chi connectivity index (χ3n) is 7.64. The van der Waals surface area contributed by atoms with Gasteiger partial charge in [-0.1, -0.05) is 64.3 Å². The fraction of sp³-hybridized carbons (Fsp3) is 0.586. The molecule has 7 nitrogen and oxygen atoms in total. The van der Waals surface area contributed by atoms with Gasteiger partial charge in [-0.25, -0.2) is 4.98 Å². The first-order valence-corrected chi connectivity index (χ1v) is 14.4. The van der Waals surface area contributed by atoms with Gasteiger partial charge in [0.1, 0.15) is 12.1 Å². The molecule has 37 heavy (non-hydrogen) atoms. The number of nitrogens with one attached hydrogen (secondary N) is 2. The molecule has 4 rings (SSSR count). The summed E-state index contributed by atoms with van der Waals surface area (Å²) in [5.41, 5.74) is 4.52. The predicted octanol–water partition coefficient (Wildman–Crippen LogP) is 4.84. The van der Waals surface area contributed by atoms with Gasteiger partial charge >= 0.3 is 0 Å². The molecule has 1 aliphatic carbocycles. The molecule has 1 aliphatic heterocycles. The minimum absolute atomic E-state index is 0.0181. The molecule has 1 saturated carbocycles. The van der Waals surface area contributed by atoms with Crippen LogP contribution in [0.2, 0.25) is 0 Å². The van der Waals surface area contributed by atoms with Crippen molar-refractivity contribution in [3.05, 3.63) is 41.0 Å². The highest BCUT2D eigenvalue weighted by atomic mass is 32.1. The molecule has 2 aliphatic rings. The highest BCUT2D eigenvalue weighted by molar-refractivity contribution is 7.13. The van der Waals surface area contributed by atoms with E-state index in [0.717, 1.165) is 53.8 Å². The van der Waals surface area contributed by atoms with Crippen LogP contribution < -0.4 is 10.6 Å². The second-order valence-corrected chi connectivity index (χ2v) is 12.4. The summed E-state index contributed by atoms with van der Waals surface area (Å²) in [4.78, 5) is 47.0. The summed E-state index contributed by atoms with van der Waals surface area (Å²) < 4.78 is 0. The monoisotopic (exact) mass is 524 g/mol. The van der Waals surface area contributed by atoms with Crippen LogP contribution in [0.25, 0.3) is 10.4 Å². The molecule has 0 bridgehead atoms. The van der Waals surface area contributed by atoms with Crippen molar-refractivity contribution < 1.29 is 14.4 Å². The quantitative estimate of drug-likeness (QED) is 0.542. The normalized spacial score (nSPS) is 19.5. The number of benzene rings is 1. The van der Waals surface area contributed by atoms with Crippen molar-refractivity contribution in [3.8, 4) is 10.4 Å². The standard InChI is InChI=1S/C29H40N4O3S/c1-19-24(37-18-31-19)21-14-12-20(13-15-21)17-30-27(35)23-11-8-16-33(23)28(36)25(29(2,3)4)32-26(34)22-9-6-5-7-10-22/h12-15,18,22-23,25H,5-11,16-17H2,1-4H3,(H,30,35)(H,32,34). The molecule has 0 spiro atoms. The lowest BCUT2D eigenvalue weighted by Crippen LogP contribution is -2.58. The van der Waals surface area contributed by atoms with Crippen molar-refractivity contribution in [1.29, 1.82) is 0 Å². The Kier molecular flexibility index (Phi) is 8.67. The zero-order valence-corrected chi connectivity index (χ0v) is 23.3. The summed E-state index contributed by atoms with van der Waals surface area (Å²) in [6.45, 7) is 8.85. The fourth-order valence-corrected chi connectivity index (χ4v) is 6.21. The van der Waals surface area contributed by atoms with Crippen LogP contribution in [0.4, 0.5) is 0 Å². The summed E-state index contributed by atoms with van der Waals surface area (Å²) in [5.74, 6) is -0.335. The molecule has 2 heterocycles. The van der Waals surface area contributed by atoms with Gasteiger partial charge < -0.3 is 15.5 Å². The van der Waals surface area contributed by atoms with Gasteiger partial charge in [-0.2, -0.15) is 0 Å². The molecular weight excluding hydrogens is 484 g/mol. The minimum Gasteiger partial charge on any atom is -0.350 e. The molecule has 2 aromatic rings. The first-order valence-electron chi connectivity index (χ1n) is 13.5. The summed E-state index contributed by atoms with van der Waals surface area (Å²) in [7, 11) is 0. The molecule has 2 atom stereocenters. The maximum Gasteiger partial charge on any atom is 0.246 e. The molecule has 2 N–H and O–H groups in total. The molecule has 0 radical (unpaired) electrons. The van der Waals surface area contributed by atoms with Gasteiger partial charge in [-0.15, -0.1) is 11.3 Å². The van der Waals surface area contributed by atoms with Gasteiger partial charge in [-0.3, -0.25) is 14.4 Å². The van der Waals surface area contributed by atoms with Gasteiger partial charge in [0, 0.05) is 19.0 Å². The minimum atomic E-state index is -0.655. The largest absolute Gasteiger partial charge is 0.350 e. The zero-order chi connectivity index (χ0) is 26.6. The number of rotatable bonds is 7. The van der Waals surface area contributed by atoms with E-state index in [1.165, 1.54) is 6.42 Å². The molecule has 1 aromatic carbocycles. The van der Waals surface area contributed by atoms with E-state index in [4.69, 9.17) is 0 Å². The SMILES string of the molecule is Cc1ncsc1-c1ccc(CNC(=O)C2CCCN2C(=O)C(NC(=O)C2CCCCC2)C(C)(C)C)cc1. The number of hydrogen-bond donors (Lipinski definition) is 2. The number of carbonyl (C=O) groups excluding carboxylic acids is 3. The fourth-order valence-electron chi connectivity index (χ4n) is 5.40. The van der Waals surface area contributed by atoms with Gasteiger partial charge in [0.25, 0.3) is 0 Å². The Morgan fingerprint density at radius 1 is 1.03 bits per heavy atom. The summed E-state index contributed by atoms with van der Waals surface area (Å²) in [5, 5.41) is 6.11. The number of carbonyl (C=O) groups is 3. The third-order valence-corrected chi connectivity index (χ3v) is 8.62. The van der Waals surface area contributed by atoms with E-state index in [-0.39, 0.29) is 23.6 Å². The second kappa shape index (κ2) is 11.8. The number of nitrogens with zero attached hydrogens (tertiary/aromatic N) is 2.